The van der Waals surface area contributed by atoms with Crippen LogP contribution >= 0.6 is 0 Å². The number of nitrogens with two attached hydrogens (primary N) is 1. The van der Waals surface area contributed by atoms with Gasteiger partial charge < -0.3 is 36.6 Å². The Bertz CT molecular complexity index is 681. The molecule has 0 aromatic rings. The van der Waals surface area contributed by atoms with Gasteiger partial charge in [-0.3, -0.25) is 24.0 Å². The molecule has 3 unspecified atom stereocenters. The van der Waals surface area contributed by atoms with Crippen LogP contribution < -0.4 is 16.4 Å². The van der Waals surface area contributed by atoms with Crippen molar-refractivity contribution in [3.8, 4) is 0 Å². The van der Waals surface area contributed by atoms with E-state index in [0.717, 1.165) is 4.90 Å². The quantitative estimate of drug-likeness (QED) is 0.205. The van der Waals surface area contributed by atoms with E-state index in [1.165, 1.54) is 0 Å². The number of carbonyl (C=O) groups is 6. The number of amides is 3. The van der Waals surface area contributed by atoms with Gasteiger partial charge in [-0.05, 0) is 19.3 Å². The van der Waals surface area contributed by atoms with Gasteiger partial charge in [0.15, 0.2) is 0 Å². The molecule has 0 radical (unpaired) electrons. The van der Waals surface area contributed by atoms with E-state index in [1.807, 2.05) is 0 Å². The normalized spacial score (nSPS) is 17.8. The van der Waals surface area contributed by atoms with Gasteiger partial charge in [0.25, 0.3) is 0 Å². The zero-order valence-corrected chi connectivity index (χ0v) is 15.5. The van der Waals surface area contributed by atoms with Crippen LogP contribution in [0.5, 0.6) is 0 Å². The first-order chi connectivity index (χ1) is 13.5. The van der Waals surface area contributed by atoms with Gasteiger partial charge in [0.05, 0.1) is 19.0 Å². The summed E-state index contributed by atoms with van der Waals surface area (Å²) in [5.74, 6) is -6.26. The molecule has 1 aliphatic heterocycles. The van der Waals surface area contributed by atoms with Crippen LogP contribution in [-0.2, 0) is 28.8 Å². The van der Waals surface area contributed by atoms with Crippen LogP contribution in [0.25, 0.3) is 0 Å². The predicted molar refractivity (Wildman–Crippen MR) is 94.4 cm³/mol. The lowest BCUT2D eigenvalue weighted by molar-refractivity contribution is -0.148. The van der Waals surface area contributed by atoms with Gasteiger partial charge in [0, 0.05) is 13.0 Å². The number of carboxylic acids is 3. The lowest BCUT2D eigenvalue weighted by Gasteiger charge is -2.23. The Morgan fingerprint density at radius 1 is 1.03 bits per heavy atom. The van der Waals surface area contributed by atoms with Crippen molar-refractivity contribution in [3.63, 3.8) is 0 Å². The van der Waals surface area contributed by atoms with E-state index in [2.05, 4.69) is 10.6 Å². The Balaban J connectivity index is 2.65. The number of aliphatic carboxylic acids is 3. The maximum absolute atomic E-state index is 12.2. The summed E-state index contributed by atoms with van der Waals surface area (Å²) in [7, 11) is 0. The number of nitrogens with one attached hydrogen (secondary N) is 2. The second-order valence-electron chi connectivity index (χ2n) is 6.50. The minimum absolute atomic E-state index is 0.216. The van der Waals surface area contributed by atoms with E-state index in [-0.39, 0.29) is 19.4 Å². The first-order valence-corrected chi connectivity index (χ1v) is 8.82. The minimum atomic E-state index is -1.54. The number of hydrogen-bond acceptors (Lipinski definition) is 7. The molecule has 1 aliphatic rings. The predicted octanol–water partition coefficient (Wildman–Crippen LogP) is -2.67. The van der Waals surface area contributed by atoms with E-state index < -0.39 is 66.7 Å². The molecule has 29 heavy (non-hydrogen) atoms. The molecule has 1 rings (SSSR count). The van der Waals surface area contributed by atoms with Crippen molar-refractivity contribution in [3.05, 3.63) is 0 Å². The van der Waals surface area contributed by atoms with Gasteiger partial charge >= 0.3 is 17.9 Å². The summed E-state index contributed by atoms with van der Waals surface area (Å²) in [4.78, 5) is 70.1. The molecule has 0 aromatic carbocycles. The molecule has 13 nitrogen and oxygen atoms in total. The number of hydrogen-bond donors (Lipinski definition) is 6. The topological polar surface area (TPSA) is 216 Å². The van der Waals surface area contributed by atoms with Crippen LogP contribution in [-0.4, -0.2) is 87.1 Å². The van der Waals surface area contributed by atoms with Crippen molar-refractivity contribution in [2.45, 2.75) is 50.2 Å². The van der Waals surface area contributed by atoms with Crippen LogP contribution in [0.2, 0.25) is 0 Å². The summed E-state index contributed by atoms with van der Waals surface area (Å²) in [5, 5.41) is 30.9. The van der Waals surface area contributed by atoms with Gasteiger partial charge in [0.1, 0.15) is 12.1 Å². The minimum Gasteiger partial charge on any atom is -0.481 e. The summed E-state index contributed by atoms with van der Waals surface area (Å²) >= 11 is 0. The van der Waals surface area contributed by atoms with Gasteiger partial charge in [-0.1, -0.05) is 0 Å². The number of likely N-dealkylation sites (tertiary alicyclic amines) is 1. The lowest BCUT2D eigenvalue weighted by atomic mass is 10.1. The molecule has 1 heterocycles. The second kappa shape index (κ2) is 10.9. The molecule has 7 N–H and O–H groups in total. The number of carboxylic acid groups (broad SMARTS) is 3. The highest BCUT2D eigenvalue weighted by atomic mass is 16.4. The van der Waals surface area contributed by atoms with Crippen molar-refractivity contribution in [1.29, 1.82) is 0 Å². The fourth-order valence-corrected chi connectivity index (χ4v) is 2.78. The summed E-state index contributed by atoms with van der Waals surface area (Å²) in [5.41, 5.74) is 5.52. The summed E-state index contributed by atoms with van der Waals surface area (Å²) in [6, 6.07) is -3.79. The molecule has 1 fully saturated rings. The summed E-state index contributed by atoms with van der Waals surface area (Å²) in [6.45, 7) is -0.348. The average Bonchev–Trinajstić information content (AvgIpc) is 3.12. The third-order valence-corrected chi connectivity index (χ3v) is 4.29. The zero-order chi connectivity index (χ0) is 22.1. The third kappa shape index (κ3) is 7.73. The van der Waals surface area contributed by atoms with Gasteiger partial charge in [-0.25, -0.2) is 4.79 Å². The molecule has 3 atom stereocenters. The summed E-state index contributed by atoms with van der Waals surface area (Å²) in [6.07, 6.45) is -0.603. The van der Waals surface area contributed by atoms with Gasteiger partial charge in [-0.2, -0.15) is 0 Å². The average molecular weight is 416 g/mol. The summed E-state index contributed by atoms with van der Waals surface area (Å²) < 4.78 is 0. The molecule has 0 spiro atoms. The first-order valence-electron chi connectivity index (χ1n) is 8.82. The Hall–Kier alpha value is -3.22. The molecule has 1 saturated heterocycles. The van der Waals surface area contributed by atoms with Crippen LogP contribution in [0.15, 0.2) is 0 Å². The Morgan fingerprint density at radius 3 is 2.24 bits per heavy atom. The zero-order valence-electron chi connectivity index (χ0n) is 15.5. The van der Waals surface area contributed by atoms with Crippen LogP contribution in [0, 0.1) is 0 Å². The number of rotatable bonds is 11. The van der Waals surface area contributed by atoms with E-state index in [9.17, 15) is 28.8 Å². The number of nitrogens with zero attached hydrogens (tertiary/aromatic N) is 1. The van der Waals surface area contributed by atoms with Crippen LogP contribution in [0.3, 0.4) is 0 Å². The van der Waals surface area contributed by atoms with Crippen molar-refractivity contribution < 1.29 is 44.1 Å². The molecule has 0 bridgehead atoms. The Kier molecular flexibility index (Phi) is 8.99. The van der Waals surface area contributed by atoms with Gasteiger partial charge in [-0.15, -0.1) is 0 Å². The standard InChI is InChI=1S/C16H24N4O9/c17-8(3-4-12(22)23)14(26)19-9(6-13(24)25)15(27)18-7-11(21)20-5-1-2-10(20)16(28)29/h8-10H,1-7,17H2,(H,18,27)(H,19,26)(H,22,23)(H,24,25)(H,28,29). The largest absolute Gasteiger partial charge is 0.481 e. The Labute approximate surface area is 165 Å². The molecule has 0 aliphatic carbocycles. The number of carbonyl (C=O) groups excluding carboxylic acids is 3. The van der Waals surface area contributed by atoms with E-state index >= 15 is 0 Å². The molecule has 0 saturated carbocycles. The highest BCUT2D eigenvalue weighted by molar-refractivity contribution is 5.94. The third-order valence-electron chi connectivity index (χ3n) is 4.29. The van der Waals surface area contributed by atoms with E-state index in [4.69, 9.17) is 21.1 Å². The second-order valence-corrected chi connectivity index (χ2v) is 6.50. The molecule has 13 heteroatoms. The van der Waals surface area contributed by atoms with Crippen molar-refractivity contribution >= 4 is 35.6 Å². The Morgan fingerprint density at radius 2 is 1.69 bits per heavy atom. The smallest absolute Gasteiger partial charge is 0.326 e. The van der Waals surface area contributed by atoms with Crippen molar-refractivity contribution in [2.75, 3.05) is 13.1 Å². The van der Waals surface area contributed by atoms with Gasteiger partial charge in [0.2, 0.25) is 17.7 Å². The molecule has 162 valence electrons. The van der Waals surface area contributed by atoms with Crippen molar-refractivity contribution in [2.24, 2.45) is 5.73 Å². The maximum Gasteiger partial charge on any atom is 0.326 e. The van der Waals surface area contributed by atoms with Crippen LogP contribution in [0.1, 0.15) is 32.1 Å². The molecule has 0 aromatic heterocycles. The highest BCUT2D eigenvalue weighted by Crippen LogP contribution is 2.17. The highest BCUT2D eigenvalue weighted by Gasteiger charge is 2.34. The van der Waals surface area contributed by atoms with E-state index in [0.29, 0.717) is 12.8 Å². The lowest BCUT2D eigenvalue weighted by Crippen LogP contribution is -2.54. The SMILES string of the molecule is NC(CCC(=O)O)C(=O)NC(CC(=O)O)C(=O)NCC(=O)N1CCCC1C(=O)O. The maximum atomic E-state index is 12.2. The molecular formula is C16H24N4O9. The first kappa shape index (κ1) is 23.8. The fourth-order valence-electron chi connectivity index (χ4n) is 2.78. The van der Waals surface area contributed by atoms with Crippen molar-refractivity contribution in [1.82, 2.24) is 15.5 Å². The fraction of sp³-hybridized carbons (Fsp3) is 0.625. The van der Waals surface area contributed by atoms with E-state index in [1.54, 1.807) is 0 Å². The molecule has 3 amide bonds. The molecular weight excluding hydrogens is 392 g/mol. The monoisotopic (exact) mass is 416 g/mol. The van der Waals surface area contributed by atoms with Crippen LogP contribution in [0.4, 0.5) is 0 Å².